The van der Waals surface area contributed by atoms with Gasteiger partial charge in [0.15, 0.2) is 0 Å². The Kier molecular flexibility index (Phi) is 5.72. The zero-order chi connectivity index (χ0) is 21.3. The van der Waals surface area contributed by atoms with Crippen molar-refractivity contribution in [2.45, 2.75) is 39.2 Å². The van der Waals surface area contributed by atoms with Crippen LogP contribution in [0.1, 0.15) is 48.3 Å². The highest BCUT2D eigenvalue weighted by Crippen LogP contribution is 2.28. The van der Waals surface area contributed by atoms with Gasteiger partial charge in [-0.3, -0.25) is 14.6 Å². The number of para-hydroxylation sites is 1. The molecular weight excluding hydrogens is 402 g/mol. The average Bonchev–Trinajstić information content (AvgIpc) is 2.90. The van der Waals surface area contributed by atoms with Gasteiger partial charge in [0, 0.05) is 37.5 Å². The Morgan fingerprint density at radius 2 is 2.10 bits per heavy atom. The number of H-pyrrole nitrogens is 1. The predicted octanol–water partition coefficient (Wildman–Crippen LogP) is 3.64. The van der Waals surface area contributed by atoms with Crippen molar-refractivity contribution in [3.05, 3.63) is 58.4 Å². The molecule has 1 saturated heterocycles. The van der Waals surface area contributed by atoms with Gasteiger partial charge in [0.05, 0.1) is 22.1 Å². The van der Waals surface area contributed by atoms with Gasteiger partial charge in [0.25, 0.3) is 5.91 Å². The maximum atomic E-state index is 12.9. The lowest BCUT2D eigenvalue weighted by Gasteiger charge is -2.25. The van der Waals surface area contributed by atoms with Crippen molar-refractivity contribution in [2.24, 2.45) is 4.99 Å². The highest BCUT2D eigenvalue weighted by molar-refractivity contribution is 6.35. The number of carbonyl (C=O) groups is 2. The normalized spacial score (nSPS) is 17.9. The number of fused-ring (bicyclic) bond motifs is 1. The minimum absolute atomic E-state index is 0.0317. The fourth-order valence-corrected chi connectivity index (χ4v) is 4.31. The Hall–Kier alpha value is -2.93. The number of amides is 2. The number of carbonyl (C=O) groups excluding carboxylic acids is 2. The number of halogens is 1. The molecule has 0 saturated carbocycles. The predicted molar refractivity (Wildman–Crippen MR) is 115 cm³/mol. The topological polar surface area (TPSA) is 83.3 Å². The zero-order valence-electron chi connectivity index (χ0n) is 17.1. The van der Waals surface area contributed by atoms with Gasteiger partial charge in [-0.25, -0.2) is 0 Å². The van der Waals surface area contributed by atoms with E-state index in [1.165, 1.54) is 0 Å². The summed E-state index contributed by atoms with van der Waals surface area (Å²) in [5.74, 6) is -0.302. The second kappa shape index (κ2) is 8.44. The molecule has 1 fully saturated rings. The lowest BCUT2D eigenvalue weighted by Crippen LogP contribution is -2.36. The number of pyridine rings is 1. The van der Waals surface area contributed by atoms with E-state index in [1.807, 2.05) is 34.6 Å². The first-order valence-electron chi connectivity index (χ1n) is 10.1. The molecule has 30 heavy (non-hydrogen) atoms. The van der Waals surface area contributed by atoms with Gasteiger partial charge in [0.2, 0.25) is 11.5 Å². The number of imidazole rings is 1. The summed E-state index contributed by atoms with van der Waals surface area (Å²) in [5, 5.41) is 0.580. The third-order valence-corrected chi connectivity index (χ3v) is 5.82. The standard InChI is InChI=1S/C22H24ClN5O2/c1-14-12-16(9-10-24-14)21(30)26-22-25-19-8-5-7-18(23)20(19)28(22)17-6-3-4-11-27(13-17)15(2)29/h5,7-10,12,17H,3-4,6,11,13H2,1-2H3,(H,25,26,30). The summed E-state index contributed by atoms with van der Waals surface area (Å²) in [4.78, 5) is 38.6. The molecule has 3 heterocycles. The van der Waals surface area contributed by atoms with E-state index in [0.29, 0.717) is 22.7 Å². The van der Waals surface area contributed by atoms with E-state index in [9.17, 15) is 9.59 Å². The van der Waals surface area contributed by atoms with E-state index in [1.54, 1.807) is 25.3 Å². The van der Waals surface area contributed by atoms with Gasteiger partial charge in [-0.15, -0.1) is 0 Å². The van der Waals surface area contributed by atoms with Crippen LogP contribution in [0.2, 0.25) is 5.02 Å². The van der Waals surface area contributed by atoms with E-state index in [4.69, 9.17) is 11.6 Å². The zero-order valence-corrected chi connectivity index (χ0v) is 17.8. The van der Waals surface area contributed by atoms with E-state index >= 15 is 0 Å². The molecule has 1 N–H and O–H groups in total. The minimum Gasteiger partial charge on any atom is -0.341 e. The highest BCUT2D eigenvalue weighted by atomic mass is 35.5. The molecule has 1 aliphatic heterocycles. The van der Waals surface area contributed by atoms with Gasteiger partial charge in [-0.1, -0.05) is 17.7 Å². The first-order valence-corrected chi connectivity index (χ1v) is 10.5. The number of nitrogens with zero attached hydrogens (tertiary/aromatic N) is 4. The molecule has 0 aliphatic carbocycles. The monoisotopic (exact) mass is 425 g/mol. The van der Waals surface area contributed by atoms with Crippen molar-refractivity contribution in [3.63, 3.8) is 0 Å². The fraction of sp³-hybridized carbons (Fsp3) is 0.364. The van der Waals surface area contributed by atoms with Crippen LogP contribution in [0.3, 0.4) is 0 Å². The molecule has 3 aromatic rings. The molecule has 8 heteroatoms. The molecule has 1 aromatic carbocycles. The molecule has 1 unspecified atom stereocenters. The number of likely N-dealkylation sites (tertiary alicyclic amines) is 1. The van der Waals surface area contributed by atoms with Crippen LogP contribution in [0.5, 0.6) is 0 Å². The van der Waals surface area contributed by atoms with Gasteiger partial charge in [-0.05, 0) is 50.5 Å². The summed E-state index contributed by atoms with van der Waals surface area (Å²) < 4.78 is 1.99. The van der Waals surface area contributed by atoms with Crippen molar-refractivity contribution >= 4 is 34.4 Å². The second-order valence-electron chi connectivity index (χ2n) is 7.67. The Morgan fingerprint density at radius 1 is 1.27 bits per heavy atom. The average molecular weight is 426 g/mol. The van der Waals surface area contributed by atoms with Crippen LogP contribution in [0.15, 0.2) is 41.5 Å². The number of benzene rings is 1. The van der Waals surface area contributed by atoms with Crippen LogP contribution in [0.4, 0.5) is 0 Å². The summed E-state index contributed by atoms with van der Waals surface area (Å²) in [6, 6.07) is 8.94. The molecule has 0 radical (unpaired) electrons. The van der Waals surface area contributed by atoms with Gasteiger partial charge >= 0.3 is 0 Å². The Morgan fingerprint density at radius 3 is 2.87 bits per heavy atom. The lowest BCUT2D eigenvalue weighted by atomic mass is 10.1. The van der Waals surface area contributed by atoms with Crippen LogP contribution >= 0.6 is 11.6 Å². The van der Waals surface area contributed by atoms with Crippen LogP contribution in [0.25, 0.3) is 11.0 Å². The SMILES string of the molecule is CC(=O)N1CCCCC(n2/c(=N/C(=O)c3ccnc(C)c3)[nH]c3cccc(Cl)c32)C1. The summed E-state index contributed by atoms with van der Waals surface area (Å²) in [6.45, 7) is 4.73. The summed E-state index contributed by atoms with van der Waals surface area (Å²) >= 11 is 6.55. The Bertz CT molecular complexity index is 1180. The number of nitrogens with one attached hydrogen (secondary N) is 1. The molecule has 4 rings (SSSR count). The number of rotatable bonds is 2. The van der Waals surface area contributed by atoms with E-state index < -0.39 is 0 Å². The van der Waals surface area contributed by atoms with Crippen LogP contribution in [0, 0.1) is 6.92 Å². The van der Waals surface area contributed by atoms with E-state index in [2.05, 4.69) is 15.0 Å². The van der Waals surface area contributed by atoms with Crippen molar-refractivity contribution in [1.29, 1.82) is 0 Å². The van der Waals surface area contributed by atoms with E-state index in [0.717, 1.165) is 42.5 Å². The molecule has 7 nitrogen and oxygen atoms in total. The maximum absolute atomic E-state index is 12.9. The molecule has 2 amide bonds. The molecular formula is C22H24ClN5O2. The largest absolute Gasteiger partial charge is 0.341 e. The molecule has 2 aromatic heterocycles. The molecule has 0 spiro atoms. The summed E-state index contributed by atoms with van der Waals surface area (Å²) in [5.41, 5.74) is 3.27. The van der Waals surface area contributed by atoms with Crippen LogP contribution in [-0.2, 0) is 4.79 Å². The summed E-state index contributed by atoms with van der Waals surface area (Å²) in [6.07, 6.45) is 4.41. The van der Waals surface area contributed by atoms with Crippen molar-refractivity contribution in [1.82, 2.24) is 19.4 Å². The van der Waals surface area contributed by atoms with Crippen LogP contribution < -0.4 is 5.62 Å². The molecule has 0 bridgehead atoms. The molecule has 1 aliphatic rings. The smallest absolute Gasteiger partial charge is 0.280 e. The van der Waals surface area contributed by atoms with Crippen molar-refractivity contribution in [3.8, 4) is 0 Å². The van der Waals surface area contributed by atoms with Crippen molar-refractivity contribution < 1.29 is 9.59 Å². The van der Waals surface area contributed by atoms with Crippen LogP contribution in [-0.4, -0.2) is 44.3 Å². The quantitative estimate of drug-likeness (QED) is 0.680. The van der Waals surface area contributed by atoms with Gasteiger partial charge in [-0.2, -0.15) is 4.99 Å². The third kappa shape index (κ3) is 4.03. The maximum Gasteiger partial charge on any atom is 0.280 e. The molecule has 1 atom stereocenters. The van der Waals surface area contributed by atoms with Gasteiger partial charge < -0.3 is 14.5 Å². The Balaban J connectivity index is 1.87. The lowest BCUT2D eigenvalue weighted by molar-refractivity contribution is -0.129. The highest BCUT2D eigenvalue weighted by Gasteiger charge is 2.24. The van der Waals surface area contributed by atoms with Crippen molar-refractivity contribution in [2.75, 3.05) is 13.1 Å². The number of aryl methyl sites for hydroxylation is 1. The van der Waals surface area contributed by atoms with E-state index in [-0.39, 0.29) is 17.9 Å². The first kappa shape index (κ1) is 20.3. The Labute approximate surface area is 179 Å². The molecule has 156 valence electrons. The fourth-order valence-electron chi connectivity index (χ4n) is 4.04. The number of aromatic amines is 1. The number of aromatic nitrogens is 3. The van der Waals surface area contributed by atoms with Gasteiger partial charge in [0.1, 0.15) is 0 Å². The first-order chi connectivity index (χ1) is 14.4. The second-order valence-corrected chi connectivity index (χ2v) is 8.08. The number of hydrogen-bond donors (Lipinski definition) is 1. The number of hydrogen-bond acceptors (Lipinski definition) is 3. The summed E-state index contributed by atoms with van der Waals surface area (Å²) in [7, 11) is 0. The minimum atomic E-state index is -0.353. The third-order valence-electron chi connectivity index (χ3n) is 5.51.